The number of rotatable bonds is 0. The van der Waals surface area contributed by atoms with Gasteiger partial charge in [0, 0.05) is 0 Å². The quantitative estimate of drug-likeness (QED) is 0.141. The zero-order valence-corrected chi connectivity index (χ0v) is 17.8. The minimum absolute atomic E-state index is 0. The van der Waals surface area contributed by atoms with Gasteiger partial charge in [-0.05, 0) is 0 Å². The number of hydrogen-bond acceptors (Lipinski definition) is 15. The van der Waals surface area contributed by atoms with Crippen LogP contribution in [0.4, 0.5) is 19.4 Å². The van der Waals surface area contributed by atoms with Gasteiger partial charge in [-0.25, -0.2) is 42.1 Å². The standard InChI is InChI=1S/5FHO3S.Ta/c5*1-5(2,3)4;/h5*(H,2,3,4);/q;;;;;+5/p-5. The first-order valence-electron chi connectivity index (χ1n) is 3.27. The molecule has 0 aliphatic heterocycles. The maximum Gasteiger partial charge on any atom is 5.00 e. The number of halogens is 5. The fourth-order valence-corrected chi connectivity index (χ4v) is 0. The van der Waals surface area contributed by atoms with Crippen molar-refractivity contribution in [2.75, 3.05) is 0 Å². The van der Waals surface area contributed by atoms with E-state index in [1.54, 1.807) is 0 Å². The molecule has 26 heavy (non-hydrogen) atoms. The summed E-state index contributed by atoms with van der Waals surface area (Å²) in [5.41, 5.74) is 0. The summed E-state index contributed by atoms with van der Waals surface area (Å²) in [6.07, 6.45) is 0. The summed E-state index contributed by atoms with van der Waals surface area (Å²) in [6, 6.07) is 0. The normalized spacial score (nSPS) is 11.2. The van der Waals surface area contributed by atoms with Crippen LogP contribution in [0.2, 0.25) is 0 Å². The molecule has 0 rings (SSSR count). The van der Waals surface area contributed by atoms with Gasteiger partial charge in [0.15, 0.2) is 0 Å². The van der Waals surface area contributed by atoms with Gasteiger partial charge in [-0.1, -0.05) is 0 Å². The molecular formula is F5O15S5Ta. The first kappa shape index (κ1) is 40.6. The van der Waals surface area contributed by atoms with Crippen LogP contribution in [-0.2, 0) is 74.9 Å². The summed E-state index contributed by atoms with van der Waals surface area (Å²) in [4.78, 5) is 0. The van der Waals surface area contributed by atoms with Gasteiger partial charge in [-0.15, -0.1) is 19.4 Å². The SMILES string of the molecule is O=S(=O)([O-])F.O=S(=O)([O-])F.O=S(=O)([O-])F.O=S(=O)([O-])F.O=S(=O)([O-])F.[Ta+5]. The zero-order chi connectivity index (χ0) is 22.5. The van der Waals surface area contributed by atoms with Gasteiger partial charge in [0.1, 0.15) is 0 Å². The predicted octanol–water partition coefficient (Wildman–Crippen LogP) is -2.92. The monoisotopic (exact) mass is 676 g/mol. The van der Waals surface area contributed by atoms with E-state index in [1.165, 1.54) is 0 Å². The molecule has 26 heteroatoms. The Morgan fingerprint density at radius 1 is 0.346 bits per heavy atom. The van der Waals surface area contributed by atoms with Crippen LogP contribution in [-0.4, -0.2) is 64.9 Å². The van der Waals surface area contributed by atoms with Gasteiger partial charge in [0.2, 0.25) is 0 Å². The summed E-state index contributed by atoms with van der Waals surface area (Å²) in [5.74, 6) is 0. The van der Waals surface area contributed by atoms with Gasteiger partial charge < -0.3 is 22.8 Å². The van der Waals surface area contributed by atoms with Gasteiger partial charge in [0.25, 0.3) is 52.5 Å². The smallest absolute Gasteiger partial charge is 0.722 e. The molecule has 0 aliphatic carbocycles. The minimum Gasteiger partial charge on any atom is -0.722 e. The van der Waals surface area contributed by atoms with Crippen molar-refractivity contribution in [2.24, 2.45) is 0 Å². The molecule has 0 spiro atoms. The maximum atomic E-state index is 10.1. The fraction of sp³-hybridized carbons (Fsp3) is 0. The van der Waals surface area contributed by atoms with E-state index in [9.17, 15) is 19.4 Å². The Hall–Kier alpha value is -0.0597. The van der Waals surface area contributed by atoms with E-state index in [0.29, 0.717) is 0 Å². The molecule has 0 aromatic heterocycles. The summed E-state index contributed by atoms with van der Waals surface area (Å²) >= 11 is 0. The molecule has 0 amide bonds. The third kappa shape index (κ3) is 3530000. The minimum atomic E-state index is -5.42. The first-order chi connectivity index (χ1) is 10.0. The molecule has 0 unspecified atom stereocenters. The molecule has 0 saturated carbocycles. The molecule has 0 aromatic rings. The van der Waals surface area contributed by atoms with E-state index in [4.69, 9.17) is 64.9 Å². The van der Waals surface area contributed by atoms with Gasteiger partial charge in [-0.2, -0.15) is 0 Å². The Labute approximate surface area is 158 Å². The van der Waals surface area contributed by atoms with Crippen LogP contribution in [0.15, 0.2) is 0 Å². The second-order valence-corrected chi connectivity index (χ2v) is 5.90. The van der Waals surface area contributed by atoms with E-state index >= 15 is 0 Å². The van der Waals surface area contributed by atoms with Gasteiger partial charge in [0.05, 0.1) is 0 Å². The Morgan fingerprint density at radius 3 is 0.346 bits per heavy atom. The second kappa shape index (κ2) is 15.9. The van der Waals surface area contributed by atoms with Crippen molar-refractivity contribution < 1.29 is 107 Å². The molecule has 0 saturated heterocycles. The van der Waals surface area contributed by atoms with Crippen LogP contribution in [0.1, 0.15) is 0 Å². The summed E-state index contributed by atoms with van der Waals surface area (Å²) in [6.45, 7) is 0. The predicted molar refractivity (Wildman–Crippen MR) is 54.0 cm³/mol. The van der Waals surface area contributed by atoms with E-state index < -0.39 is 52.5 Å². The molecule has 0 heterocycles. The molecule has 160 valence electrons. The molecule has 0 aromatic carbocycles. The molecule has 0 atom stereocenters. The van der Waals surface area contributed by atoms with Crippen molar-refractivity contribution in [3.8, 4) is 0 Å². The first-order valence-corrected chi connectivity index (χ1v) is 9.81. The van der Waals surface area contributed by atoms with Gasteiger partial charge in [-0.3, -0.25) is 0 Å². The maximum absolute atomic E-state index is 10.1. The Balaban J connectivity index is -0.0000000476. The van der Waals surface area contributed by atoms with Crippen molar-refractivity contribution in [1.82, 2.24) is 0 Å². The van der Waals surface area contributed by atoms with E-state index in [-0.39, 0.29) is 22.4 Å². The third-order valence-electron chi connectivity index (χ3n) is 0. The van der Waals surface area contributed by atoms with Crippen LogP contribution >= 0.6 is 0 Å². The molecule has 0 radical (unpaired) electrons. The van der Waals surface area contributed by atoms with Crippen LogP contribution < -0.4 is 0 Å². The fourth-order valence-electron chi connectivity index (χ4n) is 0. The largest absolute Gasteiger partial charge is 5.00 e. The topological polar surface area (TPSA) is 286 Å². The molecule has 0 N–H and O–H groups in total. The van der Waals surface area contributed by atoms with Crippen LogP contribution in [0.3, 0.4) is 0 Å². The molecular weight excluding hydrogens is 676 g/mol. The second-order valence-electron chi connectivity index (χ2n) is 1.97. The Kier molecular flexibility index (Phi) is 24.9. The van der Waals surface area contributed by atoms with Crippen molar-refractivity contribution in [3.05, 3.63) is 0 Å². The Morgan fingerprint density at radius 2 is 0.346 bits per heavy atom. The van der Waals surface area contributed by atoms with Crippen molar-refractivity contribution >= 4 is 52.5 Å². The Bertz CT molecular complexity index is 631. The van der Waals surface area contributed by atoms with Gasteiger partial charge >= 0.3 is 22.4 Å². The van der Waals surface area contributed by atoms with E-state index in [0.717, 1.165) is 0 Å². The van der Waals surface area contributed by atoms with E-state index in [2.05, 4.69) is 0 Å². The molecule has 15 nitrogen and oxygen atoms in total. The van der Waals surface area contributed by atoms with Crippen LogP contribution in [0.5, 0.6) is 0 Å². The van der Waals surface area contributed by atoms with Crippen molar-refractivity contribution in [2.45, 2.75) is 0 Å². The van der Waals surface area contributed by atoms with E-state index in [1.807, 2.05) is 0 Å². The van der Waals surface area contributed by atoms with Crippen LogP contribution in [0, 0.1) is 0 Å². The van der Waals surface area contributed by atoms with Crippen molar-refractivity contribution in [3.63, 3.8) is 0 Å². The molecule has 0 fully saturated rings. The zero-order valence-electron chi connectivity index (χ0n) is 10.5. The average Bonchev–Trinajstić information content (AvgIpc) is 1.79. The number of hydrogen-bond donors (Lipinski definition) is 0. The third-order valence-corrected chi connectivity index (χ3v) is 0. The van der Waals surface area contributed by atoms with Crippen molar-refractivity contribution in [1.29, 1.82) is 0 Å². The molecule has 0 aliphatic rings. The summed E-state index contributed by atoms with van der Waals surface area (Å²) in [7, 11) is -27.1. The molecule has 0 bridgehead atoms. The summed E-state index contributed by atoms with van der Waals surface area (Å²) < 4.78 is 177. The van der Waals surface area contributed by atoms with Crippen LogP contribution in [0.25, 0.3) is 0 Å². The summed E-state index contributed by atoms with van der Waals surface area (Å²) in [5, 5.41) is 0. The average molecular weight is 676 g/mol.